The number of halogens is 1. The van der Waals surface area contributed by atoms with Gasteiger partial charge in [0.05, 0.1) is 6.61 Å². The molecule has 0 aliphatic carbocycles. The van der Waals surface area contributed by atoms with Gasteiger partial charge in [0.25, 0.3) is 0 Å². The highest BCUT2D eigenvalue weighted by atomic mass is 35.5. The summed E-state index contributed by atoms with van der Waals surface area (Å²) in [5, 5.41) is 18.9. The SMILES string of the molecule is C=CCc1cc(Cl)ccc1OCCCNCCCC.O=C(O)C(=O)O. The highest BCUT2D eigenvalue weighted by molar-refractivity contribution is 6.30. The first-order chi connectivity index (χ1) is 11.9. The molecule has 140 valence electrons. The first-order valence-electron chi connectivity index (χ1n) is 8.11. The van der Waals surface area contributed by atoms with E-state index in [2.05, 4.69) is 18.8 Å². The number of aliphatic carboxylic acids is 2. The van der Waals surface area contributed by atoms with Gasteiger partial charge in [0.15, 0.2) is 0 Å². The highest BCUT2D eigenvalue weighted by Crippen LogP contribution is 2.23. The van der Waals surface area contributed by atoms with Crippen molar-refractivity contribution in [3.05, 3.63) is 41.4 Å². The fourth-order valence-electron chi connectivity index (χ4n) is 1.81. The Morgan fingerprint density at radius 3 is 2.44 bits per heavy atom. The van der Waals surface area contributed by atoms with Crippen LogP contribution in [0, 0.1) is 0 Å². The molecule has 1 aromatic carbocycles. The molecule has 0 saturated heterocycles. The van der Waals surface area contributed by atoms with Crippen LogP contribution in [0.3, 0.4) is 0 Å². The second kappa shape index (κ2) is 14.3. The number of nitrogens with one attached hydrogen (secondary N) is 1. The number of hydrogen-bond acceptors (Lipinski definition) is 4. The Bertz CT molecular complexity index is 536. The molecule has 1 aromatic rings. The molecule has 1 rings (SSSR count). The van der Waals surface area contributed by atoms with Crippen LogP contribution >= 0.6 is 11.6 Å². The van der Waals surface area contributed by atoms with Gasteiger partial charge in [0.2, 0.25) is 0 Å². The minimum atomic E-state index is -1.82. The Morgan fingerprint density at radius 1 is 1.24 bits per heavy atom. The summed E-state index contributed by atoms with van der Waals surface area (Å²) in [6.07, 6.45) is 6.13. The van der Waals surface area contributed by atoms with E-state index in [1.807, 2.05) is 24.3 Å². The van der Waals surface area contributed by atoms with Crippen LogP contribution in [0.2, 0.25) is 5.02 Å². The van der Waals surface area contributed by atoms with Crippen molar-refractivity contribution in [2.45, 2.75) is 32.6 Å². The van der Waals surface area contributed by atoms with Crippen LogP contribution in [0.5, 0.6) is 5.75 Å². The second-order valence-electron chi connectivity index (χ2n) is 5.16. The van der Waals surface area contributed by atoms with Crippen LogP contribution in [0.25, 0.3) is 0 Å². The van der Waals surface area contributed by atoms with E-state index in [-0.39, 0.29) is 0 Å². The third kappa shape index (κ3) is 12.0. The zero-order valence-corrected chi connectivity index (χ0v) is 15.2. The van der Waals surface area contributed by atoms with Gasteiger partial charge in [0.1, 0.15) is 5.75 Å². The Labute approximate surface area is 153 Å². The topological polar surface area (TPSA) is 95.9 Å². The molecule has 0 radical (unpaired) electrons. The average molecular weight is 372 g/mol. The molecule has 0 atom stereocenters. The lowest BCUT2D eigenvalue weighted by atomic mass is 10.1. The van der Waals surface area contributed by atoms with Crippen molar-refractivity contribution in [1.82, 2.24) is 5.32 Å². The number of allylic oxidation sites excluding steroid dienone is 1. The van der Waals surface area contributed by atoms with E-state index in [1.54, 1.807) is 0 Å². The number of carboxylic acid groups (broad SMARTS) is 2. The summed E-state index contributed by atoms with van der Waals surface area (Å²) in [6.45, 7) is 8.79. The van der Waals surface area contributed by atoms with E-state index in [9.17, 15) is 0 Å². The van der Waals surface area contributed by atoms with Crippen molar-refractivity contribution in [2.24, 2.45) is 0 Å². The van der Waals surface area contributed by atoms with Crippen molar-refractivity contribution < 1.29 is 24.5 Å². The van der Waals surface area contributed by atoms with E-state index in [4.69, 9.17) is 36.1 Å². The molecule has 0 saturated carbocycles. The monoisotopic (exact) mass is 371 g/mol. The molecule has 0 aliphatic heterocycles. The van der Waals surface area contributed by atoms with Crippen molar-refractivity contribution in [2.75, 3.05) is 19.7 Å². The standard InChI is InChI=1S/C16H24ClNO.C2H2O4/c1-3-5-10-18-11-6-12-19-16-9-8-15(17)13-14(16)7-4-2;3-1(4)2(5)6/h4,8-9,13,18H,2-3,5-7,10-12H2,1H3;(H,3,4)(H,5,6). The van der Waals surface area contributed by atoms with Gasteiger partial charge in [-0.05, 0) is 56.1 Å². The minimum Gasteiger partial charge on any atom is -0.493 e. The molecule has 0 heterocycles. The third-order valence-corrected chi connectivity index (χ3v) is 3.27. The largest absolute Gasteiger partial charge is 0.493 e. The van der Waals surface area contributed by atoms with Crippen LogP contribution < -0.4 is 10.1 Å². The summed E-state index contributed by atoms with van der Waals surface area (Å²) in [5.74, 6) is -2.73. The van der Waals surface area contributed by atoms with E-state index in [0.717, 1.165) is 48.9 Å². The minimum absolute atomic E-state index is 0.727. The molecule has 6 nitrogen and oxygen atoms in total. The third-order valence-electron chi connectivity index (χ3n) is 3.03. The van der Waals surface area contributed by atoms with Gasteiger partial charge < -0.3 is 20.3 Å². The molecule has 0 aliphatic rings. The molecule has 0 fully saturated rings. The van der Waals surface area contributed by atoms with Crippen molar-refractivity contribution in [3.8, 4) is 5.75 Å². The fourth-order valence-corrected chi connectivity index (χ4v) is 2.00. The van der Waals surface area contributed by atoms with Gasteiger partial charge in [-0.15, -0.1) is 6.58 Å². The number of carboxylic acids is 2. The molecule has 25 heavy (non-hydrogen) atoms. The molecule has 0 unspecified atom stereocenters. The number of benzene rings is 1. The maximum absolute atomic E-state index is 9.10. The fraction of sp³-hybridized carbons (Fsp3) is 0.444. The highest BCUT2D eigenvalue weighted by Gasteiger charge is 2.04. The summed E-state index contributed by atoms with van der Waals surface area (Å²) in [7, 11) is 0. The number of ether oxygens (including phenoxy) is 1. The first-order valence-corrected chi connectivity index (χ1v) is 8.49. The summed E-state index contributed by atoms with van der Waals surface area (Å²) >= 11 is 5.98. The lowest BCUT2D eigenvalue weighted by Gasteiger charge is -2.11. The van der Waals surface area contributed by atoms with Crippen molar-refractivity contribution in [1.29, 1.82) is 0 Å². The molecule has 0 spiro atoms. The lowest BCUT2D eigenvalue weighted by Crippen LogP contribution is -2.18. The van der Waals surface area contributed by atoms with E-state index in [0.29, 0.717) is 0 Å². The van der Waals surface area contributed by atoms with Crippen LogP contribution in [-0.2, 0) is 16.0 Å². The molecular weight excluding hydrogens is 346 g/mol. The van der Waals surface area contributed by atoms with Crippen molar-refractivity contribution in [3.63, 3.8) is 0 Å². The Kier molecular flexibility index (Phi) is 13.1. The van der Waals surface area contributed by atoms with Gasteiger partial charge in [-0.2, -0.15) is 0 Å². The number of rotatable bonds is 10. The number of unbranched alkanes of at least 4 members (excludes halogenated alkanes) is 1. The van der Waals surface area contributed by atoms with Crippen LogP contribution in [0.1, 0.15) is 31.7 Å². The summed E-state index contributed by atoms with van der Waals surface area (Å²) < 4.78 is 5.80. The lowest BCUT2D eigenvalue weighted by molar-refractivity contribution is -0.159. The Morgan fingerprint density at radius 2 is 1.88 bits per heavy atom. The molecule has 0 amide bonds. The maximum Gasteiger partial charge on any atom is 0.414 e. The molecular formula is C18H26ClNO5. The van der Waals surface area contributed by atoms with Crippen molar-refractivity contribution >= 4 is 23.5 Å². The quantitative estimate of drug-likeness (QED) is 0.331. The first kappa shape index (κ1) is 22.9. The van der Waals surface area contributed by atoms with Gasteiger partial charge in [-0.1, -0.05) is 31.0 Å². The summed E-state index contributed by atoms with van der Waals surface area (Å²) in [6, 6.07) is 5.74. The summed E-state index contributed by atoms with van der Waals surface area (Å²) in [4.78, 5) is 18.2. The van der Waals surface area contributed by atoms with Crippen LogP contribution in [-0.4, -0.2) is 41.8 Å². The maximum atomic E-state index is 9.10. The summed E-state index contributed by atoms with van der Waals surface area (Å²) in [5.41, 5.74) is 1.10. The molecule has 0 bridgehead atoms. The number of carbonyl (C=O) groups is 2. The van der Waals surface area contributed by atoms with Gasteiger partial charge in [0, 0.05) is 5.02 Å². The van der Waals surface area contributed by atoms with E-state index in [1.165, 1.54) is 12.8 Å². The van der Waals surface area contributed by atoms with E-state index < -0.39 is 11.9 Å². The normalized spacial score (nSPS) is 9.68. The average Bonchev–Trinajstić information content (AvgIpc) is 2.56. The van der Waals surface area contributed by atoms with Gasteiger partial charge in [-0.25, -0.2) is 9.59 Å². The zero-order chi connectivity index (χ0) is 19.1. The molecule has 0 aromatic heterocycles. The molecule has 3 N–H and O–H groups in total. The molecule has 7 heteroatoms. The predicted molar refractivity (Wildman–Crippen MR) is 98.5 cm³/mol. The Balaban J connectivity index is 0.000000823. The zero-order valence-electron chi connectivity index (χ0n) is 14.5. The van der Waals surface area contributed by atoms with Crippen LogP contribution in [0.4, 0.5) is 0 Å². The van der Waals surface area contributed by atoms with Gasteiger partial charge in [-0.3, -0.25) is 0 Å². The smallest absolute Gasteiger partial charge is 0.414 e. The van der Waals surface area contributed by atoms with Gasteiger partial charge >= 0.3 is 11.9 Å². The van der Waals surface area contributed by atoms with E-state index >= 15 is 0 Å². The Hall–Kier alpha value is -2.05. The van der Waals surface area contributed by atoms with Crippen LogP contribution in [0.15, 0.2) is 30.9 Å². The number of hydrogen-bond donors (Lipinski definition) is 3. The predicted octanol–water partition coefficient (Wildman–Crippen LogP) is 3.38. The second-order valence-corrected chi connectivity index (χ2v) is 5.60.